The Morgan fingerprint density at radius 2 is 1.95 bits per heavy atom. The normalized spacial score (nSPS) is 17.5. The maximum atomic E-state index is 3.74. The van der Waals surface area contributed by atoms with Crippen molar-refractivity contribution in [3.63, 3.8) is 0 Å². The van der Waals surface area contributed by atoms with E-state index in [9.17, 15) is 0 Å². The summed E-state index contributed by atoms with van der Waals surface area (Å²) >= 11 is 1.90. The Morgan fingerprint density at radius 1 is 1.10 bits per heavy atom. The molecule has 0 heterocycles. The molecule has 2 aromatic carbocycles. The van der Waals surface area contributed by atoms with Gasteiger partial charge in [-0.25, -0.2) is 0 Å². The molecule has 0 aliphatic heterocycles. The van der Waals surface area contributed by atoms with Crippen LogP contribution in [0.25, 0.3) is 0 Å². The summed E-state index contributed by atoms with van der Waals surface area (Å²) in [4.78, 5) is 2.75. The van der Waals surface area contributed by atoms with Gasteiger partial charge in [-0.1, -0.05) is 49.0 Å². The Bertz CT molecular complexity index is 579. The lowest BCUT2D eigenvalue weighted by atomic mass is 9.87. The molecule has 1 nitrogen and oxygen atoms in total. The Hall–Kier alpha value is -1.25. The number of nitrogens with one attached hydrogen (secondary N) is 1. The number of hydrogen-bond donors (Lipinski definition) is 1. The molecule has 0 fully saturated rings. The van der Waals surface area contributed by atoms with Crippen LogP contribution in [0.3, 0.4) is 0 Å². The average Bonchev–Trinajstić information content (AvgIpc) is 2.54. The molecule has 0 radical (unpaired) electrons. The quantitative estimate of drug-likeness (QED) is 0.812. The van der Waals surface area contributed by atoms with Crippen molar-refractivity contribution in [1.29, 1.82) is 0 Å². The number of fused-ring (bicyclic) bond motifs is 1. The first-order valence-electron chi connectivity index (χ1n) is 7.96. The van der Waals surface area contributed by atoms with Gasteiger partial charge in [0.15, 0.2) is 0 Å². The van der Waals surface area contributed by atoms with Crippen LogP contribution in [-0.2, 0) is 6.42 Å². The van der Waals surface area contributed by atoms with E-state index in [1.54, 1.807) is 5.56 Å². The van der Waals surface area contributed by atoms with Crippen molar-refractivity contribution < 1.29 is 0 Å². The summed E-state index contributed by atoms with van der Waals surface area (Å²) in [5.74, 6) is 0. The van der Waals surface area contributed by atoms with Crippen molar-refractivity contribution in [3.05, 3.63) is 59.7 Å². The third-order valence-corrected chi connectivity index (χ3v) is 5.14. The lowest BCUT2D eigenvalue weighted by molar-refractivity contribution is 0.454. The van der Waals surface area contributed by atoms with Gasteiger partial charge in [0.25, 0.3) is 0 Å². The Labute approximate surface area is 132 Å². The van der Waals surface area contributed by atoms with Crippen LogP contribution in [-0.4, -0.2) is 6.54 Å². The van der Waals surface area contributed by atoms with Crippen LogP contribution in [0.15, 0.2) is 58.3 Å². The monoisotopic (exact) mass is 297 g/mol. The van der Waals surface area contributed by atoms with Crippen molar-refractivity contribution in [2.75, 3.05) is 6.54 Å². The fourth-order valence-electron chi connectivity index (χ4n) is 3.07. The molecule has 21 heavy (non-hydrogen) atoms. The molecule has 0 saturated heterocycles. The fraction of sp³-hybridized carbons (Fsp3) is 0.368. The molecule has 1 N–H and O–H groups in total. The average molecular weight is 297 g/mol. The van der Waals surface area contributed by atoms with Gasteiger partial charge in [0.1, 0.15) is 0 Å². The minimum atomic E-state index is 0.529. The minimum absolute atomic E-state index is 0.529. The maximum Gasteiger partial charge on any atom is 0.0334 e. The van der Waals surface area contributed by atoms with E-state index in [0.717, 1.165) is 6.54 Å². The van der Waals surface area contributed by atoms with E-state index in [4.69, 9.17) is 0 Å². The van der Waals surface area contributed by atoms with Crippen LogP contribution in [0.1, 0.15) is 43.4 Å². The van der Waals surface area contributed by atoms with Crippen LogP contribution >= 0.6 is 11.8 Å². The van der Waals surface area contributed by atoms with E-state index in [1.807, 2.05) is 11.8 Å². The first-order chi connectivity index (χ1) is 10.4. The second-order valence-corrected chi connectivity index (χ2v) is 6.76. The number of benzene rings is 2. The van der Waals surface area contributed by atoms with Crippen LogP contribution < -0.4 is 5.32 Å². The SMILES string of the molecule is CCCNC1CCCc2cccc(Sc3ccccc3)c21. The van der Waals surface area contributed by atoms with E-state index >= 15 is 0 Å². The van der Waals surface area contributed by atoms with Gasteiger partial charge in [-0.05, 0) is 61.6 Å². The summed E-state index contributed by atoms with van der Waals surface area (Å²) in [6, 6.07) is 18.0. The van der Waals surface area contributed by atoms with Crippen LogP contribution in [0, 0.1) is 0 Å². The summed E-state index contributed by atoms with van der Waals surface area (Å²) in [7, 11) is 0. The molecule has 0 saturated carbocycles. The highest BCUT2D eigenvalue weighted by Gasteiger charge is 2.22. The smallest absolute Gasteiger partial charge is 0.0334 e. The summed E-state index contributed by atoms with van der Waals surface area (Å²) in [5.41, 5.74) is 3.09. The zero-order valence-electron chi connectivity index (χ0n) is 12.6. The van der Waals surface area contributed by atoms with Crippen molar-refractivity contribution in [1.82, 2.24) is 5.32 Å². The van der Waals surface area contributed by atoms with Crippen molar-refractivity contribution in [3.8, 4) is 0 Å². The zero-order valence-corrected chi connectivity index (χ0v) is 13.5. The number of hydrogen-bond acceptors (Lipinski definition) is 2. The highest BCUT2D eigenvalue weighted by atomic mass is 32.2. The third-order valence-electron chi connectivity index (χ3n) is 4.06. The topological polar surface area (TPSA) is 12.0 Å². The second kappa shape index (κ2) is 7.15. The third kappa shape index (κ3) is 3.50. The van der Waals surface area contributed by atoms with E-state index in [0.29, 0.717) is 6.04 Å². The van der Waals surface area contributed by atoms with E-state index < -0.39 is 0 Å². The van der Waals surface area contributed by atoms with Crippen molar-refractivity contribution >= 4 is 11.8 Å². The van der Waals surface area contributed by atoms with E-state index in [1.165, 1.54) is 41.0 Å². The molecule has 2 heteroatoms. The van der Waals surface area contributed by atoms with Gasteiger partial charge in [0, 0.05) is 15.8 Å². The largest absolute Gasteiger partial charge is 0.310 e. The fourth-order valence-corrected chi connectivity index (χ4v) is 4.15. The van der Waals surface area contributed by atoms with Crippen LogP contribution in [0.5, 0.6) is 0 Å². The summed E-state index contributed by atoms with van der Waals surface area (Å²) < 4.78 is 0. The number of aryl methyl sites for hydroxylation is 1. The Balaban J connectivity index is 1.90. The molecular weight excluding hydrogens is 274 g/mol. The summed E-state index contributed by atoms with van der Waals surface area (Å²) in [5, 5.41) is 3.74. The lowest BCUT2D eigenvalue weighted by Crippen LogP contribution is -2.26. The standard InChI is InChI=1S/C19H23NS/c1-2-14-20-17-12-6-8-15-9-7-13-18(19(15)17)21-16-10-4-3-5-11-16/h3-5,7,9-11,13,17,20H,2,6,8,12,14H2,1H3. The minimum Gasteiger partial charge on any atom is -0.310 e. The second-order valence-electron chi connectivity index (χ2n) is 5.64. The molecule has 1 aliphatic carbocycles. The first-order valence-corrected chi connectivity index (χ1v) is 8.78. The van der Waals surface area contributed by atoms with Gasteiger partial charge in [-0.2, -0.15) is 0 Å². The predicted octanol–water partition coefficient (Wildman–Crippen LogP) is 5.21. The molecule has 110 valence electrons. The molecule has 1 atom stereocenters. The summed E-state index contributed by atoms with van der Waals surface area (Å²) in [6.07, 6.45) is 4.98. The van der Waals surface area contributed by atoms with Gasteiger partial charge >= 0.3 is 0 Å². The molecular formula is C19H23NS. The first kappa shape index (κ1) is 14.7. The molecule has 1 aliphatic rings. The summed E-state index contributed by atoms with van der Waals surface area (Å²) in [6.45, 7) is 3.34. The van der Waals surface area contributed by atoms with Crippen molar-refractivity contribution in [2.24, 2.45) is 0 Å². The highest BCUT2D eigenvalue weighted by molar-refractivity contribution is 7.99. The van der Waals surface area contributed by atoms with Gasteiger partial charge < -0.3 is 5.32 Å². The molecule has 0 aromatic heterocycles. The molecule has 0 spiro atoms. The maximum absolute atomic E-state index is 3.74. The van der Waals surface area contributed by atoms with Crippen LogP contribution in [0.2, 0.25) is 0 Å². The van der Waals surface area contributed by atoms with E-state index in [-0.39, 0.29) is 0 Å². The molecule has 1 unspecified atom stereocenters. The van der Waals surface area contributed by atoms with Crippen LogP contribution in [0.4, 0.5) is 0 Å². The van der Waals surface area contributed by atoms with Crippen molar-refractivity contribution in [2.45, 2.75) is 48.4 Å². The molecule has 3 rings (SSSR count). The highest BCUT2D eigenvalue weighted by Crippen LogP contribution is 2.39. The zero-order chi connectivity index (χ0) is 14.5. The van der Waals surface area contributed by atoms with Gasteiger partial charge in [-0.15, -0.1) is 0 Å². The van der Waals surface area contributed by atoms with Gasteiger partial charge in [0.2, 0.25) is 0 Å². The lowest BCUT2D eigenvalue weighted by Gasteiger charge is -2.28. The number of rotatable bonds is 5. The Kier molecular flexibility index (Phi) is 5.00. The van der Waals surface area contributed by atoms with E-state index in [2.05, 4.69) is 60.8 Å². The molecule has 0 bridgehead atoms. The predicted molar refractivity (Wildman–Crippen MR) is 91.0 cm³/mol. The van der Waals surface area contributed by atoms with Gasteiger partial charge in [0.05, 0.1) is 0 Å². The molecule has 2 aromatic rings. The Morgan fingerprint density at radius 3 is 2.76 bits per heavy atom. The van der Waals surface area contributed by atoms with Gasteiger partial charge in [-0.3, -0.25) is 0 Å². The molecule has 0 amide bonds.